The molecule has 0 unspecified atom stereocenters. The SMILES string of the molecule is Nc1nc2cc(Br)c(F)cc2n1CCC1CC1. The van der Waals surface area contributed by atoms with Crippen LogP contribution < -0.4 is 5.73 Å². The maximum atomic E-state index is 13.5. The first-order chi connectivity index (χ1) is 8.15. The highest BCUT2D eigenvalue weighted by molar-refractivity contribution is 9.10. The van der Waals surface area contributed by atoms with Crippen molar-refractivity contribution in [2.45, 2.75) is 25.8 Å². The molecule has 5 heteroatoms. The Morgan fingerprint density at radius 1 is 1.47 bits per heavy atom. The van der Waals surface area contributed by atoms with Gasteiger partial charge in [-0.3, -0.25) is 0 Å². The van der Waals surface area contributed by atoms with Crippen LogP contribution in [-0.4, -0.2) is 9.55 Å². The molecule has 1 fully saturated rings. The van der Waals surface area contributed by atoms with Crippen LogP contribution in [0.2, 0.25) is 0 Å². The summed E-state index contributed by atoms with van der Waals surface area (Å²) in [6, 6.07) is 3.17. The summed E-state index contributed by atoms with van der Waals surface area (Å²) in [5.74, 6) is 1.02. The lowest BCUT2D eigenvalue weighted by Crippen LogP contribution is -2.04. The third kappa shape index (κ3) is 2.04. The van der Waals surface area contributed by atoms with Crippen molar-refractivity contribution in [1.82, 2.24) is 9.55 Å². The largest absolute Gasteiger partial charge is 0.369 e. The third-order valence-electron chi connectivity index (χ3n) is 3.28. The highest BCUT2D eigenvalue weighted by Gasteiger charge is 2.21. The number of benzene rings is 1. The Labute approximate surface area is 107 Å². The van der Waals surface area contributed by atoms with Gasteiger partial charge < -0.3 is 10.3 Å². The predicted molar refractivity (Wildman–Crippen MR) is 69.1 cm³/mol. The van der Waals surface area contributed by atoms with E-state index in [-0.39, 0.29) is 5.82 Å². The molecule has 1 aliphatic carbocycles. The van der Waals surface area contributed by atoms with Crippen molar-refractivity contribution in [2.24, 2.45) is 5.92 Å². The van der Waals surface area contributed by atoms with E-state index in [4.69, 9.17) is 5.73 Å². The number of rotatable bonds is 3. The van der Waals surface area contributed by atoms with E-state index < -0.39 is 0 Å². The van der Waals surface area contributed by atoms with E-state index in [1.54, 1.807) is 6.07 Å². The zero-order valence-corrected chi connectivity index (χ0v) is 10.9. The topological polar surface area (TPSA) is 43.8 Å². The Bertz CT molecular complexity index is 575. The van der Waals surface area contributed by atoms with E-state index in [0.717, 1.165) is 29.9 Å². The summed E-state index contributed by atoms with van der Waals surface area (Å²) < 4.78 is 15.9. The minimum Gasteiger partial charge on any atom is -0.369 e. The third-order valence-corrected chi connectivity index (χ3v) is 3.89. The van der Waals surface area contributed by atoms with Crippen molar-refractivity contribution >= 4 is 32.9 Å². The number of anilines is 1. The molecule has 90 valence electrons. The van der Waals surface area contributed by atoms with E-state index in [2.05, 4.69) is 20.9 Å². The van der Waals surface area contributed by atoms with Crippen LogP contribution in [0.3, 0.4) is 0 Å². The smallest absolute Gasteiger partial charge is 0.201 e. The molecule has 0 radical (unpaired) electrons. The Morgan fingerprint density at radius 2 is 2.24 bits per heavy atom. The number of halogens is 2. The van der Waals surface area contributed by atoms with Crippen LogP contribution >= 0.6 is 15.9 Å². The highest BCUT2D eigenvalue weighted by atomic mass is 79.9. The molecule has 3 nitrogen and oxygen atoms in total. The van der Waals surface area contributed by atoms with Crippen LogP contribution in [0.15, 0.2) is 16.6 Å². The first kappa shape index (κ1) is 11.0. The number of aromatic nitrogens is 2. The summed E-state index contributed by atoms with van der Waals surface area (Å²) >= 11 is 3.16. The fourth-order valence-corrected chi connectivity index (χ4v) is 2.42. The summed E-state index contributed by atoms with van der Waals surface area (Å²) in [5, 5.41) is 0. The molecule has 0 aliphatic heterocycles. The summed E-state index contributed by atoms with van der Waals surface area (Å²) in [7, 11) is 0. The van der Waals surface area contributed by atoms with E-state index in [1.165, 1.54) is 18.9 Å². The Balaban J connectivity index is 2.02. The van der Waals surface area contributed by atoms with Crippen LogP contribution in [0.5, 0.6) is 0 Å². The molecule has 17 heavy (non-hydrogen) atoms. The van der Waals surface area contributed by atoms with Gasteiger partial charge in [0.1, 0.15) is 5.82 Å². The number of aryl methyl sites for hydroxylation is 1. The lowest BCUT2D eigenvalue weighted by atomic mass is 10.2. The normalized spacial score (nSPS) is 15.6. The van der Waals surface area contributed by atoms with Gasteiger partial charge in [-0.05, 0) is 34.3 Å². The van der Waals surface area contributed by atoms with Gasteiger partial charge >= 0.3 is 0 Å². The van der Waals surface area contributed by atoms with Crippen molar-refractivity contribution in [3.8, 4) is 0 Å². The van der Waals surface area contributed by atoms with Crippen LogP contribution in [0.25, 0.3) is 11.0 Å². The molecule has 1 aromatic heterocycles. The lowest BCUT2D eigenvalue weighted by Gasteiger charge is -2.05. The van der Waals surface area contributed by atoms with E-state index in [1.807, 2.05) is 4.57 Å². The van der Waals surface area contributed by atoms with E-state index >= 15 is 0 Å². The van der Waals surface area contributed by atoms with Crippen molar-refractivity contribution in [3.63, 3.8) is 0 Å². The zero-order chi connectivity index (χ0) is 12.0. The average Bonchev–Trinajstić information content (AvgIpc) is 3.04. The fraction of sp³-hybridized carbons (Fsp3) is 0.417. The molecule has 2 N–H and O–H groups in total. The highest BCUT2D eigenvalue weighted by Crippen LogP contribution is 2.34. The lowest BCUT2D eigenvalue weighted by molar-refractivity contribution is 0.606. The monoisotopic (exact) mass is 297 g/mol. The van der Waals surface area contributed by atoms with Crippen molar-refractivity contribution in [2.75, 3.05) is 5.73 Å². The first-order valence-electron chi connectivity index (χ1n) is 5.76. The minimum absolute atomic E-state index is 0.273. The van der Waals surface area contributed by atoms with E-state index in [9.17, 15) is 4.39 Å². The molecule has 1 aromatic carbocycles. The number of fused-ring (bicyclic) bond motifs is 1. The summed E-state index contributed by atoms with van der Waals surface area (Å²) in [4.78, 5) is 4.26. The number of nitrogen functional groups attached to an aromatic ring is 1. The second kappa shape index (κ2) is 3.98. The van der Waals surface area contributed by atoms with Gasteiger partial charge in [-0.1, -0.05) is 12.8 Å². The Morgan fingerprint density at radius 3 is 2.94 bits per heavy atom. The minimum atomic E-state index is -0.273. The number of nitrogens with two attached hydrogens (primary N) is 1. The zero-order valence-electron chi connectivity index (χ0n) is 9.29. The molecule has 0 spiro atoms. The summed E-state index contributed by atoms with van der Waals surface area (Å²) in [6.45, 7) is 0.827. The van der Waals surface area contributed by atoms with E-state index in [0.29, 0.717) is 10.4 Å². The van der Waals surface area contributed by atoms with Gasteiger partial charge in [0.15, 0.2) is 0 Å². The van der Waals surface area contributed by atoms with Gasteiger partial charge in [0.05, 0.1) is 15.5 Å². The van der Waals surface area contributed by atoms with Crippen LogP contribution in [0.4, 0.5) is 10.3 Å². The Hall–Kier alpha value is -1.10. The number of imidazole rings is 1. The van der Waals surface area contributed by atoms with Crippen LogP contribution in [0, 0.1) is 11.7 Å². The summed E-state index contributed by atoms with van der Waals surface area (Å²) in [6.07, 6.45) is 3.73. The molecular weight excluding hydrogens is 285 g/mol. The number of nitrogens with zero attached hydrogens (tertiary/aromatic N) is 2. The molecule has 0 amide bonds. The van der Waals surface area contributed by atoms with Gasteiger partial charge in [0.2, 0.25) is 5.95 Å². The number of hydrogen-bond acceptors (Lipinski definition) is 2. The molecule has 0 bridgehead atoms. The van der Waals surface area contributed by atoms with Gasteiger partial charge in [-0.15, -0.1) is 0 Å². The van der Waals surface area contributed by atoms with Gasteiger partial charge in [-0.25, -0.2) is 9.37 Å². The van der Waals surface area contributed by atoms with Gasteiger partial charge in [0.25, 0.3) is 0 Å². The molecule has 2 aromatic rings. The Kier molecular flexibility index (Phi) is 2.58. The molecule has 0 saturated heterocycles. The second-order valence-electron chi connectivity index (χ2n) is 4.61. The maximum Gasteiger partial charge on any atom is 0.201 e. The number of hydrogen-bond donors (Lipinski definition) is 1. The van der Waals surface area contributed by atoms with Crippen molar-refractivity contribution in [1.29, 1.82) is 0 Å². The van der Waals surface area contributed by atoms with Crippen molar-refractivity contribution in [3.05, 3.63) is 22.4 Å². The standard InChI is InChI=1S/C12H13BrFN3/c13-8-5-10-11(6-9(8)14)17(12(15)16-10)4-3-7-1-2-7/h5-7H,1-4H2,(H2,15,16). The predicted octanol–water partition coefficient (Wildman–Crippen LogP) is 3.32. The van der Waals surface area contributed by atoms with Gasteiger partial charge in [0, 0.05) is 12.6 Å². The molecule has 0 atom stereocenters. The van der Waals surface area contributed by atoms with Crippen LogP contribution in [-0.2, 0) is 6.54 Å². The first-order valence-corrected chi connectivity index (χ1v) is 6.55. The van der Waals surface area contributed by atoms with Gasteiger partial charge in [-0.2, -0.15) is 0 Å². The maximum absolute atomic E-state index is 13.5. The molecule has 1 heterocycles. The average molecular weight is 298 g/mol. The fourth-order valence-electron chi connectivity index (χ4n) is 2.09. The molecule has 3 rings (SSSR count). The molecule has 1 saturated carbocycles. The van der Waals surface area contributed by atoms with Crippen molar-refractivity contribution < 1.29 is 4.39 Å². The van der Waals surface area contributed by atoms with Crippen LogP contribution in [0.1, 0.15) is 19.3 Å². The molecular formula is C12H13BrFN3. The quantitative estimate of drug-likeness (QED) is 0.944. The second-order valence-corrected chi connectivity index (χ2v) is 5.46. The molecule has 1 aliphatic rings. The summed E-state index contributed by atoms with van der Waals surface area (Å²) in [5.41, 5.74) is 7.40.